The molecule has 0 saturated carbocycles. The highest BCUT2D eigenvalue weighted by Gasteiger charge is 2.27. The highest BCUT2D eigenvalue weighted by atomic mass is 16.5. The van der Waals surface area contributed by atoms with Crippen molar-refractivity contribution in [2.24, 2.45) is 0 Å². The zero-order chi connectivity index (χ0) is 10.6. The molecule has 0 unspecified atom stereocenters. The molecule has 1 aromatic heterocycles. The number of aromatic nitrogens is 1. The Hall–Kier alpha value is -0.870. The van der Waals surface area contributed by atoms with Gasteiger partial charge in [0.2, 0.25) is 0 Å². The van der Waals surface area contributed by atoms with Crippen molar-refractivity contribution in [3.05, 3.63) is 17.8 Å². The first-order valence-electron chi connectivity index (χ1n) is 4.80. The molecule has 1 heterocycles. The Labute approximate surface area is 84.7 Å². The molecule has 0 aliphatic heterocycles. The van der Waals surface area contributed by atoms with Gasteiger partial charge in [-0.25, -0.2) is 4.98 Å². The van der Waals surface area contributed by atoms with Crippen LogP contribution < -0.4 is 5.32 Å². The first-order chi connectivity index (χ1) is 6.61. The monoisotopic (exact) mass is 198 g/mol. The van der Waals surface area contributed by atoms with Crippen molar-refractivity contribution in [2.45, 2.75) is 32.9 Å². The molecule has 0 aromatic carbocycles. The summed E-state index contributed by atoms with van der Waals surface area (Å²) >= 11 is 0. The van der Waals surface area contributed by atoms with Crippen LogP contribution in [0, 0.1) is 0 Å². The second-order valence-corrected chi connectivity index (χ2v) is 3.62. The number of hydrogen-bond donors (Lipinski definition) is 1. The molecule has 0 saturated heterocycles. The van der Waals surface area contributed by atoms with Crippen molar-refractivity contribution >= 4 is 0 Å². The summed E-state index contributed by atoms with van der Waals surface area (Å²) in [6.45, 7) is 7.61. The minimum Gasteiger partial charge on any atom is -0.445 e. The Balaban J connectivity index is 2.81. The average Bonchev–Trinajstić information content (AvgIpc) is 2.63. The average molecular weight is 198 g/mol. The summed E-state index contributed by atoms with van der Waals surface area (Å²) in [4.78, 5) is 4.16. The van der Waals surface area contributed by atoms with Gasteiger partial charge in [-0.2, -0.15) is 0 Å². The molecule has 0 bridgehead atoms. The minimum atomic E-state index is -0.415. The van der Waals surface area contributed by atoms with Crippen molar-refractivity contribution in [2.75, 3.05) is 13.7 Å². The van der Waals surface area contributed by atoms with Crippen LogP contribution in [-0.2, 0) is 16.9 Å². The van der Waals surface area contributed by atoms with Crippen LogP contribution in [0.1, 0.15) is 32.2 Å². The summed E-state index contributed by atoms with van der Waals surface area (Å²) in [5, 5.41) is 3.21. The van der Waals surface area contributed by atoms with Crippen molar-refractivity contribution in [1.29, 1.82) is 0 Å². The molecule has 0 fully saturated rings. The van der Waals surface area contributed by atoms with E-state index in [1.165, 1.54) is 6.39 Å². The summed E-state index contributed by atoms with van der Waals surface area (Å²) in [7, 11) is 1.67. The van der Waals surface area contributed by atoms with Crippen molar-refractivity contribution in [3.8, 4) is 0 Å². The molecule has 1 aromatic rings. The molecule has 4 nitrogen and oxygen atoms in total. The highest BCUT2D eigenvalue weighted by molar-refractivity contribution is 5.14. The van der Waals surface area contributed by atoms with E-state index in [1.807, 2.05) is 13.8 Å². The maximum Gasteiger partial charge on any atom is 0.181 e. The third-order valence-corrected chi connectivity index (χ3v) is 2.24. The van der Waals surface area contributed by atoms with E-state index in [0.29, 0.717) is 0 Å². The molecule has 0 aliphatic rings. The van der Waals surface area contributed by atoms with Gasteiger partial charge >= 0.3 is 0 Å². The van der Waals surface area contributed by atoms with Gasteiger partial charge in [-0.1, -0.05) is 6.92 Å². The van der Waals surface area contributed by atoms with Crippen LogP contribution in [0.2, 0.25) is 0 Å². The molecule has 0 amide bonds. The summed E-state index contributed by atoms with van der Waals surface area (Å²) in [5.74, 6) is 0.793. The summed E-state index contributed by atoms with van der Waals surface area (Å²) < 4.78 is 10.7. The van der Waals surface area contributed by atoms with Gasteiger partial charge in [-0.15, -0.1) is 0 Å². The fraction of sp³-hybridized carbons (Fsp3) is 0.700. The van der Waals surface area contributed by atoms with Gasteiger partial charge in [-0.05, 0) is 20.4 Å². The number of hydrogen-bond acceptors (Lipinski definition) is 4. The lowest BCUT2D eigenvalue weighted by Crippen LogP contribution is -2.23. The number of nitrogens with zero attached hydrogens (tertiary/aromatic N) is 1. The Morgan fingerprint density at radius 3 is 2.86 bits per heavy atom. The van der Waals surface area contributed by atoms with Crippen LogP contribution in [0.15, 0.2) is 10.8 Å². The fourth-order valence-electron chi connectivity index (χ4n) is 1.22. The third kappa shape index (κ3) is 2.33. The number of ether oxygens (including phenoxy) is 1. The van der Waals surface area contributed by atoms with Crippen molar-refractivity contribution < 1.29 is 9.15 Å². The van der Waals surface area contributed by atoms with E-state index in [0.717, 1.165) is 24.5 Å². The predicted molar refractivity (Wildman–Crippen MR) is 53.9 cm³/mol. The Morgan fingerprint density at radius 1 is 1.57 bits per heavy atom. The molecule has 14 heavy (non-hydrogen) atoms. The van der Waals surface area contributed by atoms with E-state index < -0.39 is 5.60 Å². The quantitative estimate of drug-likeness (QED) is 0.781. The van der Waals surface area contributed by atoms with Crippen molar-refractivity contribution in [3.63, 3.8) is 0 Å². The number of nitrogens with one attached hydrogen (secondary N) is 1. The SMILES string of the molecule is CCNCc1ncoc1C(C)(C)OC. The lowest BCUT2D eigenvalue weighted by molar-refractivity contribution is -0.0000901. The molecule has 0 radical (unpaired) electrons. The predicted octanol–water partition coefficient (Wildman–Crippen LogP) is 1.67. The Bertz CT molecular complexity index is 281. The smallest absolute Gasteiger partial charge is 0.181 e. The molecule has 0 aliphatic carbocycles. The van der Waals surface area contributed by atoms with E-state index in [-0.39, 0.29) is 0 Å². The lowest BCUT2D eigenvalue weighted by Gasteiger charge is -2.20. The van der Waals surface area contributed by atoms with E-state index in [4.69, 9.17) is 9.15 Å². The summed E-state index contributed by atoms with van der Waals surface area (Å²) in [5.41, 5.74) is 0.500. The normalized spacial score (nSPS) is 12.0. The van der Waals surface area contributed by atoms with E-state index in [1.54, 1.807) is 7.11 Å². The van der Waals surface area contributed by atoms with Crippen LogP contribution in [0.3, 0.4) is 0 Å². The topological polar surface area (TPSA) is 47.3 Å². The second-order valence-electron chi connectivity index (χ2n) is 3.62. The van der Waals surface area contributed by atoms with Crippen LogP contribution in [0.5, 0.6) is 0 Å². The number of rotatable bonds is 5. The van der Waals surface area contributed by atoms with Gasteiger partial charge in [0.15, 0.2) is 12.2 Å². The maximum atomic E-state index is 5.34. The summed E-state index contributed by atoms with van der Waals surface area (Å²) in [6.07, 6.45) is 1.46. The first kappa shape index (κ1) is 11.2. The van der Waals surface area contributed by atoms with E-state index in [9.17, 15) is 0 Å². The number of methoxy groups -OCH3 is 1. The van der Waals surface area contributed by atoms with Crippen molar-refractivity contribution in [1.82, 2.24) is 10.3 Å². The first-order valence-corrected chi connectivity index (χ1v) is 4.80. The standard InChI is InChI=1S/C10H18N2O2/c1-5-11-6-8-9(14-7-12-8)10(2,3)13-4/h7,11H,5-6H2,1-4H3. The zero-order valence-corrected chi connectivity index (χ0v) is 9.26. The van der Waals surface area contributed by atoms with Crippen LogP contribution >= 0.6 is 0 Å². The molecule has 1 rings (SSSR count). The molecule has 80 valence electrons. The van der Waals surface area contributed by atoms with Crippen LogP contribution in [0.4, 0.5) is 0 Å². The zero-order valence-electron chi connectivity index (χ0n) is 9.26. The second kappa shape index (κ2) is 4.57. The largest absolute Gasteiger partial charge is 0.445 e. The molecular weight excluding hydrogens is 180 g/mol. The van der Waals surface area contributed by atoms with Gasteiger partial charge in [0.25, 0.3) is 0 Å². The minimum absolute atomic E-state index is 0.415. The van der Waals surface area contributed by atoms with Gasteiger partial charge in [-0.3, -0.25) is 0 Å². The molecule has 4 heteroatoms. The maximum absolute atomic E-state index is 5.34. The van der Waals surface area contributed by atoms with E-state index >= 15 is 0 Å². The Morgan fingerprint density at radius 2 is 2.29 bits per heavy atom. The molecule has 1 N–H and O–H groups in total. The third-order valence-electron chi connectivity index (χ3n) is 2.24. The summed E-state index contributed by atoms with van der Waals surface area (Å²) in [6, 6.07) is 0. The molecule has 0 spiro atoms. The van der Waals surface area contributed by atoms with E-state index in [2.05, 4.69) is 17.2 Å². The number of oxazole rings is 1. The van der Waals surface area contributed by atoms with Gasteiger partial charge in [0.05, 0.1) is 5.69 Å². The highest BCUT2D eigenvalue weighted by Crippen LogP contribution is 2.26. The van der Waals surface area contributed by atoms with Gasteiger partial charge in [0.1, 0.15) is 5.60 Å². The molecule has 0 atom stereocenters. The fourth-order valence-corrected chi connectivity index (χ4v) is 1.22. The lowest BCUT2D eigenvalue weighted by atomic mass is 10.0. The van der Waals surface area contributed by atoms with Gasteiger partial charge < -0.3 is 14.5 Å². The van der Waals surface area contributed by atoms with Crippen LogP contribution in [0.25, 0.3) is 0 Å². The van der Waals surface area contributed by atoms with Gasteiger partial charge in [0, 0.05) is 13.7 Å². The van der Waals surface area contributed by atoms with Crippen LogP contribution in [-0.4, -0.2) is 18.6 Å². The Kier molecular flexibility index (Phi) is 3.66. The molecular formula is C10H18N2O2.